The molecule has 0 saturated heterocycles. The van der Waals surface area contributed by atoms with Gasteiger partial charge in [0.05, 0.1) is 17.3 Å². The minimum atomic E-state index is -5.02. The molecular weight excluding hydrogens is 392 g/mol. The number of carbonyl (C=O) groups is 1. The van der Waals surface area contributed by atoms with Crippen LogP contribution in [-0.2, 0) is 12.4 Å². The maximum absolute atomic E-state index is 13.5. The molecular formula is C16H9F6N5O. The fraction of sp³-hybridized carbons (Fsp3) is 0.125. The summed E-state index contributed by atoms with van der Waals surface area (Å²) < 4.78 is 78.7. The maximum Gasteiger partial charge on any atom is 0.434 e. The van der Waals surface area contributed by atoms with Crippen molar-refractivity contribution in [3.63, 3.8) is 0 Å². The first-order valence-electron chi connectivity index (χ1n) is 7.47. The van der Waals surface area contributed by atoms with Crippen molar-refractivity contribution >= 4 is 11.6 Å². The SMILES string of the molecule is O=C(Nc1ccncc1)c1cnn(-c2ccc(C(F)(F)F)cn2)c1C(F)(F)F. The summed E-state index contributed by atoms with van der Waals surface area (Å²) in [7, 11) is 0. The Labute approximate surface area is 152 Å². The van der Waals surface area contributed by atoms with Gasteiger partial charge in [0.1, 0.15) is 0 Å². The molecule has 0 aliphatic heterocycles. The average Bonchev–Trinajstić information content (AvgIpc) is 3.08. The summed E-state index contributed by atoms with van der Waals surface area (Å²) in [5.74, 6) is -1.63. The van der Waals surface area contributed by atoms with Crippen molar-refractivity contribution in [2.45, 2.75) is 12.4 Å². The van der Waals surface area contributed by atoms with Gasteiger partial charge in [-0.2, -0.15) is 31.4 Å². The number of halogens is 6. The first-order chi connectivity index (χ1) is 13.1. The molecule has 0 bridgehead atoms. The molecule has 0 aliphatic rings. The van der Waals surface area contributed by atoms with Gasteiger partial charge in [0.25, 0.3) is 5.91 Å². The van der Waals surface area contributed by atoms with E-state index in [9.17, 15) is 31.1 Å². The first-order valence-corrected chi connectivity index (χ1v) is 7.47. The third kappa shape index (κ3) is 3.94. The second-order valence-electron chi connectivity index (χ2n) is 5.41. The van der Waals surface area contributed by atoms with E-state index >= 15 is 0 Å². The highest BCUT2D eigenvalue weighted by Crippen LogP contribution is 2.34. The summed E-state index contributed by atoms with van der Waals surface area (Å²) in [6.45, 7) is 0. The van der Waals surface area contributed by atoms with E-state index in [4.69, 9.17) is 0 Å². The van der Waals surface area contributed by atoms with Gasteiger partial charge in [0.15, 0.2) is 11.5 Å². The molecule has 146 valence electrons. The normalized spacial score (nSPS) is 12.1. The average molecular weight is 401 g/mol. The summed E-state index contributed by atoms with van der Waals surface area (Å²) in [6, 6.07) is 4.04. The van der Waals surface area contributed by atoms with Crippen LogP contribution < -0.4 is 5.32 Å². The molecule has 0 aliphatic carbocycles. The number of hydrogen-bond donors (Lipinski definition) is 1. The number of amides is 1. The number of anilines is 1. The van der Waals surface area contributed by atoms with Gasteiger partial charge in [0, 0.05) is 24.3 Å². The highest BCUT2D eigenvalue weighted by Gasteiger charge is 2.41. The van der Waals surface area contributed by atoms with Crippen LogP contribution in [0.4, 0.5) is 32.0 Å². The summed E-state index contributed by atoms with van der Waals surface area (Å²) in [4.78, 5) is 19.4. The number of hydrogen-bond acceptors (Lipinski definition) is 4. The Balaban J connectivity index is 2.01. The Morgan fingerprint density at radius 1 is 0.929 bits per heavy atom. The van der Waals surface area contributed by atoms with Crippen molar-refractivity contribution in [1.82, 2.24) is 19.7 Å². The second kappa shape index (κ2) is 6.94. The van der Waals surface area contributed by atoms with Gasteiger partial charge in [-0.15, -0.1) is 0 Å². The van der Waals surface area contributed by atoms with Crippen molar-refractivity contribution in [2.24, 2.45) is 0 Å². The Hall–Kier alpha value is -3.44. The van der Waals surface area contributed by atoms with Crippen LogP contribution in [0.25, 0.3) is 5.82 Å². The molecule has 0 radical (unpaired) electrons. The van der Waals surface area contributed by atoms with Crippen molar-refractivity contribution in [3.8, 4) is 5.82 Å². The monoisotopic (exact) mass is 401 g/mol. The molecule has 3 aromatic heterocycles. The van der Waals surface area contributed by atoms with Crippen LogP contribution in [0, 0.1) is 0 Å². The van der Waals surface area contributed by atoms with Gasteiger partial charge < -0.3 is 5.32 Å². The van der Waals surface area contributed by atoms with Crippen LogP contribution >= 0.6 is 0 Å². The zero-order valence-electron chi connectivity index (χ0n) is 13.6. The zero-order chi connectivity index (χ0) is 20.5. The van der Waals surface area contributed by atoms with Crippen LogP contribution in [0.3, 0.4) is 0 Å². The molecule has 0 fully saturated rings. The topological polar surface area (TPSA) is 72.7 Å². The summed E-state index contributed by atoms with van der Waals surface area (Å²) in [5, 5.41) is 5.75. The van der Waals surface area contributed by atoms with Crippen molar-refractivity contribution in [3.05, 3.63) is 65.9 Å². The van der Waals surface area contributed by atoms with Gasteiger partial charge in [0.2, 0.25) is 0 Å². The van der Waals surface area contributed by atoms with E-state index in [0.29, 0.717) is 18.5 Å². The lowest BCUT2D eigenvalue weighted by Crippen LogP contribution is -2.21. The Kier molecular flexibility index (Phi) is 4.79. The molecule has 28 heavy (non-hydrogen) atoms. The predicted octanol–water partition coefficient (Wildman–Crippen LogP) is 3.95. The van der Waals surface area contributed by atoms with Gasteiger partial charge in [-0.1, -0.05) is 0 Å². The molecule has 0 aromatic carbocycles. The first kappa shape index (κ1) is 19.3. The second-order valence-corrected chi connectivity index (χ2v) is 5.41. The minimum absolute atomic E-state index is 0.202. The molecule has 1 amide bonds. The van der Waals surface area contributed by atoms with E-state index in [0.717, 1.165) is 6.07 Å². The quantitative estimate of drug-likeness (QED) is 0.675. The Bertz CT molecular complexity index is 979. The van der Waals surface area contributed by atoms with E-state index in [-0.39, 0.29) is 10.4 Å². The lowest BCUT2D eigenvalue weighted by molar-refractivity contribution is -0.143. The zero-order valence-corrected chi connectivity index (χ0v) is 13.6. The molecule has 6 nitrogen and oxygen atoms in total. The number of carbonyl (C=O) groups excluding carboxylic acids is 1. The smallest absolute Gasteiger partial charge is 0.322 e. The number of aromatic nitrogens is 4. The van der Waals surface area contributed by atoms with Crippen LogP contribution in [0.2, 0.25) is 0 Å². The molecule has 0 atom stereocenters. The van der Waals surface area contributed by atoms with E-state index in [1.807, 2.05) is 0 Å². The maximum atomic E-state index is 13.5. The molecule has 0 unspecified atom stereocenters. The van der Waals surface area contributed by atoms with Gasteiger partial charge in [-0.25, -0.2) is 9.67 Å². The Morgan fingerprint density at radius 2 is 1.61 bits per heavy atom. The van der Waals surface area contributed by atoms with E-state index in [1.165, 1.54) is 24.5 Å². The van der Waals surface area contributed by atoms with Crippen LogP contribution in [0.1, 0.15) is 21.6 Å². The molecule has 1 N–H and O–H groups in total. The van der Waals surface area contributed by atoms with Crippen LogP contribution in [0.15, 0.2) is 49.1 Å². The molecule has 0 saturated carbocycles. The lowest BCUT2D eigenvalue weighted by atomic mass is 10.2. The van der Waals surface area contributed by atoms with Gasteiger partial charge in [-0.3, -0.25) is 9.78 Å². The summed E-state index contributed by atoms with van der Waals surface area (Å²) in [6.07, 6.45) is -6.01. The van der Waals surface area contributed by atoms with E-state index < -0.39 is 40.9 Å². The molecule has 0 spiro atoms. The van der Waals surface area contributed by atoms with Crippen molar-refractivity contribution in [2.75, 3.05) is 5.32 Å². The van der Waals surface area contributed by atoms with Crippen LogP contribution in [0.5, 0.6) is 0 Å². The van der Waals surface area contributed by atoms with E-state index in [1.54, 1.807) is 0 Å². The predicted molar refractivity (Wildman–Crippen MR) is 83.6 cm³/mol. The fourth-order valence-corrected chi connectivity index (χ4v) is 2.27. The molecule has 3 aromatic rings. The molecule has 12 heteroatoms. The van der Waals surface area contributed by atoms with Gasteiger partial charge in [-0.05, 0) is 24.3 Å². The summed E-state index contributed by atoms with van der Waals surface area (Å²) in [5.41, 5.74) is -3.21. The number of alkyl halides is 6. The standard InChI is InChI=1S/C16H9F6N5O/c17-15(18,19)9-1-2-12(24-7-9)27-13(16(20,21)22)11(8-25-27)14(28)26-10-3-5-23-6-4-10/h1-8H,(H,23,26,28). The van der Waals surface area contributed by atoms with Crippen LogP contribution in [-0.4, -0.2) is 25.7 Å². The number of pyridine rings is 2. The third-order valence-corrected chi connectivity index (χ3v) is 3.51. The highest BCUT2D eigenvalue weighted by molar-refractivity contribution is 6.05. The highest BCUT2D eigenvalue weighted by atomic mass is 19.4. The largest absolute Gasteiger partial charge is 0.434 e. The van der Waals surface area contributed by atoms with Gasteiger partial charge >= 0.3 is 12.4 Å². The Morgan fingerprint density at radius 3 is 2.14 bits per heavy atom. The van der Waals surface area contributed by atoms with Crippen molar-refractivity contribution in [1.29, 1.82) is 0 Å². The lowest BCUT2D eigenvalue weighted by Gasteiger charge is -2.13. The summed E-state index contributed by atoms with van der Waals surface area (Å²) >= 11 is 0. The minimum Gasteiger partial charge on any atom is -0.322 e. The third-order valence-electron chi connectivity index (χ3n) is 3.51. The molecule has 3 heterocycles. The fourth-order valence-electron chi connectivity index (χ4n) is 2.27. The van der Waals surface area contributed by atoms with Crippen molar-refractivity contribution < 1.29 is 31.1 Å². The number of rotatable bonds is 3. The number of nitrogens with one attached hydrogen (secondary N) is 1. The number of nitrogens with zero attached hydrogens (tertiary/aromatic N) is 4. The van der Waals surface area contributed by atoms with E-state index in [2.05, 4.69) is 20.4 Å². The molecule has 3 rings (SSSR count).